The fourth-order valence-electron chi connectivity index (χ4n) is 1.17. The van der Waals surface area contributed by atoms with E-state index in [-0.39, 0.29) is 25.0 Å². The lowest BCUT2D eigenvalue weighted by Gasteiger charge is -2.20. The monoisotopic (exact) mass is 254 g/mol. The molecule has 0 fully saturated rings. The van der Waals surface area contributed by atoms with E-state index in [1.54, 1.807) is 7.05 Å². The van der Waals surface area contributed by atoms with Crippen molar-refractivity contribution in [3.05, 3.63) is 5.89 Å². The van der Waals surface area contributed by atoms with Crippen LogP contribution >= 0.6 is 0 Å². The maximum atomic E-state index is 12.2. The highest BCUT2D eigenvalue weighted by atomic mass is 19.4. The summed E-state index contributed by atoms with van der Waals surface area (Å²) in [5.41, 5.74) is 0. The van der Waals surface area contributed by atoms with Crippen molar-refractivity contribution >= 4 is 6.01 Å². The van der Waals surface area contributed by atoms with Crippen LogP contribution in [-0.2, 0) is 6.54 Å². The van der Waals surface area contributed by atoms with E-state index in [4.69, 9.17) is 9.52 Å². The van der Waals surface area contributed by atoms with Gasteiger partial charge in [-0.2, -0.15) is 13.2 Å². The van der Waals surface area contributed by atoms with Gasteiger partial charge in [0.1, 0.15) is 6.54 Å². The first kappa shape index (κ1) is 13.7. The quantitative estimate of drug-likeness (QED) is 0.752. The smallest absolute Gasteiger partial charge is 0.406 e. The molecule has 1 heterocycles. The third kappa shape index (κ3) is 4.57. The predicted molar refractivity (Wildman–Crippen MR) is 52.4 cm³/mol. The number of aromatic nitrogens is 2. The zero-order valence-electron chi connectivity index (χ0n) is 9.16. The molecule has 0 aliphatic rings. The van der Waals surface area contributed by atoms with Crippen molar-refractivity contribution in [2.75, 3.05) is 31.6 Å². The first-order valence-corrected chi connectivity index (χ1v) is 4.86. The summed E-state index contributed by atoms with van der Waals surface area (Å²) in [6.45, 7) is -1.62. The molecule has 98 valence electrons. The van der Waals surface area contributed by atoms with E-state index in [1.165, 1.54) is 0 Å². The largest absolute Gasteiger partial charge is 0.407 e. The molecule has 0 spiro atoms. The van der Waals surface area contributed by atoms with Crippen molar-refractivity contribution in [3.63, 3.8) is 0 Å². The van der Waals surface area contributed by atoms with Gasteiger partial charge in [-0.25, -0.2) is 0 Å². The van der Waals surface area contributed by atoms with Crippen LogP contribution in [-0.4, -0.2) is 48.2 Å². The molecule has 0 atom stereocenters. The van der Waals surface area contributed by atoms with Gasteiger partial charge in [-0.15, -0.1) is 5.10 Å². The Kier molecular flexibility index (Phi) is 4.70. The summed E-state index contributed by atoms with van der Waals surface area (Å²) in [4.78, 5) is 0.784. The fraction of sp³-hybridized carbons (Fsp3) is 0.750. The van der Waals surface area contributed by atoms with Crippen molar-refractivity contribution < 1.29 is 22.7 Å². The third-order valence-electron chi connectivity index (χ3n) is 1.79. The summed E-state index contributed by atoms with van der Waals surface area (Å²) in [5, 5.41) is 18.5. The van der Waals surface area contributed by atoms with Crippen LogP contribution in [0.15, 0.2) is 4.42 Å². The maximum absolute atomic E-state index is 12.2. The Hall–Kier alpha value is -1.35. The molecule has 0 aromatic carbocycles. The second-order valence-electron chi connectivity index (χ2n) is 3.27. The van der Waals surface area contributed by atoms with Crippen molar-refractivity contribution in [1.29, 1.82) is 0 Å². The highest BCUT2D eigenvalue weighted by molar-refractivity contribution is 5.24. The Morgan fingerprint density at radius 1 is 1.41 bits per heavy atom. The average Bonchev–Trinajstić information content (AvgIpc) is 2.64. The number of hydrogen-bond acceptors (Lipinski definition) is 6. The summed E-state index contributed by atoms with van der Waals surface area (Å²) in [6.07, 6.45) is -4.40. The van der Waals surface area contributed by atoms with Gasteiger partial charge in [0.25, 0.3) is 0 Å². The van der Waals surface area contributed by atoms with Crippen LogP contribution in [0.5, 0.6) is 0 Å². The molecule has 1 aromatic rings. The van der Waals surface area contributed by atoms with Gasteiger partial charge in [0.15, 0.2) is 0 Å². The summed E-state index contributed by atoms with van der Waals surface area (Å²) < 4.78 is 41.7. The molecule has 17 heavy (non-hydrogen) atoms. The van der Waals surface area contributed by atoms with E-state index < -0.39 is 19.3 Å². The molecule has 2 N–H and O–H groups in total. The number of nitrogens with one attached hydrogen (secondary N) is 1. The number of anilines is 1. The molecule has 1 rings (SSSR count). The highest BCUT2D eigenvalue weighted by Crippen LogP contribution is 2.20. The zero-order valence-corrected chi connectivity index (χ0v) is 9.16. The molecule has 1 aromatic heterocycles. The van der Waals surface area contributed by atoms with Gasteiger partial charge in [0.05, 0.1) is 13.2 Å². The molecule has 0 saturated carbocycles. The van der Waals surface area contributed by atoms with Gasteiger partial charge in [0, 0.05) is 6.54 Å². The predicted octanol–water partition coefficient (Wildman–Crippen LogP) is 0.150. The Morgan fingerprint density at radius 3 is 2.65 bits per heavy atom. The Morgan fingerprint density at radius 2 is 2.12 bits per heavy atom. The molecule has 6 nitrogen and oxygen atoms in total. The molecule has 0 aliphatic carbocycles. The summed E-state index contributed by atoms with van der Waals surface area (Å²) in [7, 11) is 1.64. The number of rotatable bonds is 6. The number of hydrogen-bond donors (Lipinski definition) is 2. The van der Waals surface area contributed by atoms with Crippen LogP contribution < -0.4 is 10.2 Å². The minimum Gasteiger partial charge on any atom is -0.407 e. The highest BCUT2D eigenvalue weighted by Gasteiger charge is 2.32. The molecular formula is C8H13F3N4O2. The fourth-order valence-corrected chi connectivity index (χ4v) is 1.17. The Labute approximate surface area is 95.4 Å². The van der Waals surface area contributed by atoms with Crippen LogP contribution in [0.2, 0.25) is 0 Å². The third-order valence-corrected chi connectivity index (χ3v) is 1.79. The number of nitrogens with zero attached hydrogens (tertiary/aromatic N) is 3. The van der Waals surface area contributed by atoms with Gasteiger partial charge < -0.3 is 19.7 Å². The van der Waals surface area contributed by atoms with Crippen LogP contribution in [0.3, 0.4) is 0 Å². The summed E-state index contributed by atoms with van der Waals surface area (Å²) in [6, 6.07) is -0.248. The van der Waals surface area contributed by atoms with E-state index in [9.17, 15) is 13.2 Å². The number of aliphatic hydroxyl groups is 1. The van der Waals surface area contributed by atoms with Gasteiger partial charge in [-0.3, -0.25) is 0 Å². The molecule has 0 bridgehead atoms. The molecule has 0 aliphatic heterocycles. The molecule has 9 heteroatoms. The second-order valence-corrected chi connectivity index (χ2v) is 3.27. The van der Waals surface area contributed by atoms with Crippen LogP contribution in [0, 0.1) is 0 Å². The lowest BCUT2D eigenvalue weighted by molar-refractivity contribution is -0.120. The lowest BCUT2D eigenvalue weighted by Crippen LogP contribution is -2.36. The van der Waals surface area contributed by atoms with Crippen molar-refractivity contribution in [2.45, 2.75) is 12.7 Å². The van der Waals surface area contributed by atoms with Crippen molar-refractivity contribution in [1.82, 2.24) is 15.5 Å². The van der Waals surface area contributed by atoms with Gasteiger partial charge in [-0.1, -0.05) is 5.10 Å². The molecule has 0 radical (unpaired) electrons. The van der Waals surface area contributed by atoms with E-state index in [0.29, 0.717) is 0 Å². The van der Waals surface area contributed by atoms with Crippen LogP contribution in [0.25, 0.3) is 0 Å². The molecule has 0 unspecified atom stereocenters. The SMILES string of the molecule is CNCc1nnc(N(CCO)CC(F)(F)F)o1. The first-order valence-electron chi connectivity index (χ1n) is 4.86. The Balaban J connectivity index is 2.74. The van der Waals surface area contributed by atoms with E-state index in [0.717, 1.165) is 4.90 Å². The van der Waals surface area contributed by atoms with E-state index in [1.807, 2.05) is 0 Å². The molecule has 0 saturated heterocycles. The lowest BCUT2D eigenvalue weighted by atomic mass is 10.5. The Bertz CT molecular complexity index is 342. The first-order chi connectivity index (χ1) is 7.96. The number of halogens is 3. The van der Waals surface area contributed by atoms with E-state index >= 15 is 0 Å². The average molecular weight is 254 g/mol. The van der Waals surface area contributed by atoms with Gasteiger partial charge >= 0.3 is 12.2 Å². The minimum absolute atomic E-state index is 0.188. The van der Waals surface area contributed by atoms with Crippen LogP contribution in [0.4, 0.5) is 19.2 Å². The second kappa shape index (κ2) is 5.82. The zero-order chi connectivity index (χ0) is 12.9. The minimum atomic E-state index is -4.40. The summed E-state index contributed by atoms with van der Waals surface area (Å²) in [5.74, 6) is 0.188. The molecular weight excluding hydrogens is 241 g/mol. The maximum Gasteiger partial charge on any atom is 0.406 e. The van der Waals surface area contributed by atoms with Gasteiger partial charge in [0.2, 0.25) is 5.89 Å². The normalized spacial score (nSPS) is 11.8. The topological polar surface area (TPSA) is 74.4 Å². The van der Waals surface area contributed by atoms with Crippen LogP contribution in [0.1, 0.15) is 5.89 Å². The number of aliphatic hydroxyl groups excluding tert-OH is 1. The summed E-state index contributed by atoms with van der Waals surface area (Å²) >= 11 is 0. The standard InChI is InChI=1S/C8H13F3N4O2/c1-12-4-6-13-14-7(17-6)15(2-3-16)5-8(9,10)11/h12,16H,2-5H2,1H3. The van der Waals surface area contributed by atoms with Crippen molar-refractivity contribution in [3.8, 4) is 0 Å². The van der Waals surface area contributed by atoms with E-state index in [2.05, 4.69) is 15.5 Å². The van der Waals surface area contributed by atoms with Crippen molar-refractivity contribution in [2.24, 2.45) is 0 Å². The number of alkyl halides is 3. The van der Waals surface area contributed by atoms with Gasteiger partial charge in [-0.05, 0) is 7.05 Å². The molecule has 0 amide bonds.